The summed E-state index contributed by atoms with van der Waals surface area (Å²) in [7, 11) is 0. The van der Waals surface area contributed by atoms with Gasteiger partial charge in [0.05, 0.1) is 18.6 Å². The van der Waals surface area contributed by atoms with E-state index >= 15 is 0 Å². The minimum absolute atomic E-state index is 0.0614. The molecule has 1 aliphatic heterocycles. The molecule has 0 spiro atoms. The summed E-state index contributed by atoms with van der Waals surface area (Å²) >= 11 is 1.58. The molecule has 4 nitrogen and oxygen atoms in total. The van der Waals surface area contributed by atoms with Crippen molar-refractivity contribution in [2.75, 3.05) is 13.1 Å². The zero-order chi connectivity index (χ0) is 13.1. The lowest BCUT2D eigenvalue weighted by Gasteiger charge is -2.18. The molecule has 2 heterocycles. The molecule has 1 amide bonds. The fraction of sp³-hybridized carbons (Fsp3) is 0.615. The minimum Gasteiger partial charge on any atom is -0.388 e. The standard InChI is InChI=1S/C13H19NO3S/c1-9(2)17-12-8-14(7-11(12)15)13(16)6-10-4-3-5-18-10/h3-5,9,11-12,15H,6-8H2,1-2H3/t11-,12-/m0/s1. The third-order valence-electron chi connectivity index (χ3n) is 2.94. The number of carbonyl (C=O) groups is 1. The van der Waals surface area contributed by atoms with Gasteiger partial charge in [-0.05, 0) is 25.3 Å². The second-order valence-electron chi connectivity index (χ2n) is 4.85. The summed E-state index contributed by atoms with van der Waals surface area (Å²) < 4.78 is 5.60. The third kappa shape index (κ3) is 3.31. The Hall–Kier alpha value is -0.910. The van der Waals surface area contributed by atoms with Crippen LogP contribution in [-0.4, -0.2) is 47.3 Å². The maximum atomic E-state index is 12.1. The number of hydrogen-bond donors (Lipinski definition) is 1. The molecule has 1 N–H and O–H groups in total. The van der Waals surface area contributed by atoms with Crippen molar-refractivity contribution < 1.29 is 14.6 Å². The number of likely N-dealkylation sites (tertiary alicyclic amines) is 1. The molecule has 1 saturated heterocycles. The Morgan fingerprint density at radius 3 is 3.00 bits per heavy atom. The average molecular weight is 269 g/mol. The van der Waals surface area contributed by atoms with Crippen LogP contribution in [-0.2, 0) is 16.0 Å². The van der Waals surface area contributed by atoms with Crippen molar-refractivity contribution in [3.63, 3.8) is 0 Å². The molecule has 1 aliphatic rings. The van der Waals surface area contributed by atoms with Crippen LogP contribution in [0, 0.1) is 0 Å². The molecule has 0 aliphatic carbocycles. The number of rotatable bonds is 4. The first kappa shape index (κ1) is 13.5. The topological polar surface area (TPSA) is 49.8 Å². The van der Waals surface area contributed by atoms with Crippen molar-refractivity contribution in [3.05, 3.63) is 22.4 Å². The van der Waals surface area contributed by atoms with E-state index in [1.165, 1.54) is 0 Å². The SMILES string of the molecule is CC(C)O[C@H]1CN(C(=O)Cc2cccs2)C[C@@H]1O. The van der Waals surface area contributed by atoms with Gasteiger partial charge in [-0.25, -0.2) is 0 Å². The number of hydrogen-bond acceptors (Lipinski definition) is 4. The Kier molecular flexibility index (Phi) is 4.37. The maximum absolute atomic E-state index is 12.1. The predicted octanol–water partition coefficient (Wildman–Crippen LogP) is 1.29. The predicted molar refractivity (Wildman–Crippen MR) is 70.6 cm³/mol. The zero-order valence-electron chi connectivity index (χ0n) is 10.7. The van der Waals surface area contributed by atoms with Gasteiger partial charge in [-0.3, -0.25) is 4.79 Å². The number of β-amino-alcohol motifs (C(OH)–C–C–N with tert-alkyl or cyclic N) is 1. The Morgan fingerprint density at radius 1 is 1.61 bits per heavy atom. The lowest BCUT2D eigenvalue weighted by atomic mass is 10.2. The molecule has 0 saturated carbocycles. The van der Waals surface area contributed by atoms with Gasteiger partial charge in [0.1, 0.15) is 6.10 Å². The summed E-state index contributed by atoms with van der Waals surface area (Å²) in [4.78, 5) is 14.8. The van der Waals surface area contributed by atoms with Gasteiger partial charge in [0.2, 0.25) is 5.91 Å². The second kappa shape index (κ2) is 5.82. The average Bonchev–Trinajstić information content (AvgIpc) is 2.89. The highest BCUT2D eigenvalue weighted by atomic mass is 32.1. The first-order chi connectivity index (χ1) is 8.56. The lowest BCUT2D eigenvalue weighted by Crippen LogP contribution is -2.31. The van der Waals surface area contributed by atoms with Crippen molar-refractivity contribution in [3.8, 4) is 0 Å². The maximum Gasteiger partial charge on any atom is 0.228 e. The number of nitrogens with zero attached hydrogens (tertiary/aromatic N) is 1. The van der Waals surface area contributed by atoms with Crippen LogP contribution in [0.1, 0.15) is 18.7 Å². The van der Waals surface area contributed by atoms with Crippen molar-refractivity contribution in [2.45, 2.75) is 38.6 Å². The molecule has 100 valence electrons. The minimum atomic E-state index is -0.570. The van der Waals surface area contributed by atoms with Crippen molar-refractivity contribution >= 4 is 17.2 Å². The summed E-state index contributed by atoms with van der Waals surface area (Å²) in [6, 6.07) is 3.90. The number of thiophene rings is 1. The van der Waals surface area contributed by atoms with Gasteiger partial charge in [-0.1, -0.05) is 6.07 Å². The van der Waals surface area contributed by atoms with E-state index in [9.17, 15) is 9.90 Å². The summed E-state index contributed by atoms with van der Waals surface area (Å²) in [5.41, 5.74) is 0. The zero-order valence-corrected chi connectivity index (χ0v) is 11.5. The second-order valence-corrected chi connectivity index (χ2v) is 5.88. The van der Waals surface area contributed by atoms with Crippen LogP contribution in [0.3, 0.4) is 0 Å². The number of ether oxygens (including phenoxy) is 1. The van der Waals surface area contributed by atoms with Gasteiger partial charge < -0.3 is 14.7 Å². The Balaban J connectivity index is 1.89. The van der Waals surface area contributed by atoms with Gasteiger partial charge in [0.25, 0.3) is 0 Å². The van der Waals surface area contributed by atoms with E-state index in [1.54, 1.807) is 16.2 Å². The summed E-state index contributed by atoms with van der Waals surface area (Å²) in [6.45, 7) is 4.73. The molecule has 18 heavy (non-hydrogen) atoms. The van der Waals surface area contributed by atoms with Crippen LogP contribution in [0.4, 0.5) is 0 Å². The third-order valence-corrected chi connectivity index (χ3v) is 3.82. The van der Waals surface area contributed by atoms with Crippen molar-refractivity contribution in [1.29, 1.82) is 0 Å². The van der Waals surface area contributed by atoms with Gasteiger partial charge in [0, 0.05) is 18.0 Å². The van der Waals surface area contributed by atoms with Crippen LogP contribution >= 0.6 is 11.3 Å². The van der Waals surface area contributed by atoms with Crippen molar-refractivity contribution in [1.82, 2.24) is 4.90 Å². The van der Waals surface area contributed by atoms with E-state index in [0.29, 0.717) is 19.5 Å². The summed E-state index contributed by atoms with van der Waals surface area (Å²) in [5, 5.41) is 11.8. The Bertz CT molecular complexity index is 391. The van der Waals surface area contributed by atoms with Crippen LogP contribution < -0.4 is 0 Å². The number of aliphatic hydroxyl groups excluding tert-OH is 1. The van der Waals surface area contributed by atoms with Crippen LogP contribution in [0.25, 0.3) is 0 Å². The van der Waals surface area contributed by atoms with Gasteiger partial charge in [-0.2, -0.15) is 0 Å². The molecule has 5 heteroatoms. The monoisotopic (exact) mass is 269 g/mol. The highest BCUT2D eigenvalue weighted by Crippen LogP contribution is 2.18. The fourth-order valence-electron chi connectivity index (χ4n) is 2.12. The van der Waals surface area contributed by atoms with E-state index in [0.717, 1.165) is 4.88 Å². The smallest absolute Gasteiger partial charge is 0.228 e. The molecular formula is C13H19NO3S. The molecule has 0 aromatic carbocycles. The molecule has 1 fully saturated rings. The Labute approximate surface area is 111 Å². The fourth-order valence-corrected chi connectivity index (χ4v) is 2.81. The highest BCUT2D eigenvalue weighted by Gasteiger charge is 2.35. The molecular weight excluding hydrogens is 250 g/mol. The Morgan fingerprint density at radius 2 is 2.39 bits per heavy atom. The summed E-state index contributed by atoms with van der Waals surface area (Å²) in [5.74, 6) is 0.0614. The first-order valence-corrected chi connectivity index (χ1v) is 7.08. The van der Waals surface area contributed by atoms with Crippen LogP contribution in [0.15, 0.2) is 17.5 Å². The quantitative estimate of drug-likeness (QED) is 0.896. The van der Waals surface area contributed by atoms with E-state index in [1.807, 2.05) is 31.4 Å². The normalized spacial score (nSPS) is 23.9. The van der Waals surface area contributed by atoms with E-state index in [-0.39, 0.29) is 18.1 Å². The van der Waals surface area contributed by atoms with Gasteiger partial charge in [0.15, 0.2) is 0 Å². The van der Waals surface area contributed by atoms with Gasteiger partial charge >= 0.3 is 0 Å². The van der Waals surface area contributed by atoms with Gasteiger partial charge in [-0.15, -0.1) is 11.3 Å². The van der Waals surface area contributed by atoms with E-state index in [2.05, 4.69) is 0 Å². The lowest BCUT2D eigenvalue weighted by molar-refractivity contribution is -0.130. The molecule has 0 bridgehead atoms. The molecule has 1 aromatic heterocycles. The van der Waals surface area contributed by atoms with Crippen LogP contribution in [0.2, 0.25) is 0 Å². The van der Waals surface area contributed by atoms with E-state index < -0.39 is 6.10 Å². The van der Waals surface area contributed by atoms with E-state index in [4.69, 9.17) is 4.74 Å². The number of carbonyl (C=O) groups excluding carboxylic acids is 1. The molecule has 2 atom stereocenters. The van der Waals surface area contributed by atoms with Crippen molar-refractivity contribution in [2.24, 2.45) is 0 Å². The molecule has 0 unspecified atom stereocenters. The summed E-state index contributed by atoms with van der Waals surface area (Å²) in [6.07, 6.45) is -0.340. The number of amides is 1. The highest BCUT2D eigenvalue weighted by molar-refractivity contribution is 7.10. The largest absolute Gasteiger partial charge is 0.388 e. The first-order valence-electron chi connectivity index (χ1n) is 6.20. The molecule has 2 rings (SSSR count). The molecule has 0 radical (unpaired) electrons. The van der Waals surface area contributed by atoms with Crippen LogP contribution in [0.5, 0.6) is 0 Å². The number of aliphatic hydroxyl groups is 1. The molecule has 1 aromatic rings.